The van der Waals surface area contributed by atoms with Crippen molar-refractivity contribution in [1.29, 1.82) is 0 Å². The Bertz CT molecular complexity index is 357. The van der Waals surface area contributed by atoms with Gasteiger partial charge in [0.1, 0.15) is 6.61 Å². The van der Waals surface area contributed by atoms with Gasteiger partial charge in [-0.15, -0.1) is 0 Å². The third-order valence-corrected chi connectivity index (χ3v) is 4.92. The van der Waals surface area contributed by atoms with Gasteiger partial charge in [-0.2, -0.15) is 0 Å². The Balaban J connectivity index is 3.63. The summed E-state index contributed by atoms with van der Waals surface area (Å²) in [4.78, 5) is 10.8. The highest BCUT2D eigenvalue weighted by Crippen LogP contribution is 2.23. The van der Waals surface area contributed by atoms with Crippen molar-refractivity contribution in [3.63, 3.8) is 0 Å². The fourth-order valence-electron chi connectivity index (χ4n) is 3.57. The summed E-state index contributed by atoms with van der Waals surface area (Å²) >= 11 is 0. The van der Waals surface area contributed by atoms with Crippen LogP contribution < -0.4 is 0 Å². The topological polar surface area (TPSA) is 26.3 Å². The van der Waals surface area contributed by atoms with Gasteiger partial charge >= 0.3 is 5.97 Å². The Hall–Kier alpha value is -0.790. The van der Waals surface area contributed by atoms with E-state index in [1.165, 1.54) is 70.3 Å². The Morgan fingerprint density at radius 1 is 0.840 bits per heavy atom. The summed E-state index contributed by atoms with van der Waals surface area (Å²) in [7, 11) is 0. The molecule has 0 aliphatic heterocycles. The number of ether oxygens (including phenoxy) is 1. The predicted molar refractivity (Wildman–Crippen MR) is 110 cm³/mol. The standard InChI is InChI=1S/C23H44O2/c1-19(2)13-11-9-7-8-10-12-14-20(3)17-22(5)18-21(4)15-16-25-23(6)24/h15,19-20,22H,7-14,16-18H2,1-6H3/b21-15+. The molecule has 0 N–H and O–H groups in total. The number of carbonyl (C=O) groups is 1. The van der Waals surface area contributed by atoms with Crippen LogP contribution in [0.25, 0.3) is 0 Å². The molecule has 0 aromatic carbocycles. The first-order valence-electron chi connectivity index (χ1n) is 10.6. The van der Waals surface area contributed by atoms with Crippen molar-refractivity contribution in [2.75, 3.05) is 6.61 Å². The Labute approximate surface area is 157 Å². The molecule has 25 heavy (non-hydrogen) atoms. The summed E-state index contributed by atoms with van der Waals surface area (Å²) in [6.07, 6.45) is 15.7. The minimum Gasteiger partial charge on any atom is -0.462 e. The van der Waals surface area contributed by atoms with Crippen LogP contribution in [0.2, 0.25) is 0 Å². The Morgan fingerprint density at radius 3 is 1.96 bits per heavy atom. The van der Waals surface area contributed by atoms with E-state index in [0.29, 0.717) is 12.5 Å². The van der Waals surface area contributed by atoms with Gasteiger partial charge in [-0.1, -0.05) is 84.6 Å². The lowest BCUT2D eigenvalue weighted by molar-refractivity contribution is -0.139. The van der Waals surface area contributed by atoms with Crippen molar-refractivity contribution >= 4 is 5.97 Å². The second-order valence-electron chi connectivity index (χ2n) is 8.60. The maximum absolute atomic E-state index is 10.8. The summed E-state index contributed by atoms with van der Waals surface area (Å²) in [5, 5.41) is 0. The van der Waals surface area contributed by atoms with E-state index >= 15 is 0 Å². The molecule has 0 aromatic rings. The van der Waals surface area contributed by atoms with E-state index in [1.807, 2.05) is 6.08 Å². The molecule has 2 heteroatoms. The van der Waals surface area contributed by atoms with E-state index in [1.54, 1.807) is 0 Å². The van der Waals surface area contributed by atoms with E-state index in [0.717, 1.165) is 18.3 Å². The number of esters is 1. The van der Waals surface area contributed by atoms with Crippen LogP contribution in [0, 0.1) is 17.8 Å². The normalized spacial score (nSPS) is 14.6. The highest BCUT2D eigenvalue weighted by atomic mass is 16.5. The van der Waals surface area contributed by atoms with Crippen LogP contribution in [0.15, 0.2) is 11.6 Å². The SMILES string of the molecule is CC(=O)OC/C=C(\C)CC(C)CC(C)CCCCCCCCC(C)C. The largest absolute Gasteiger partial charge is 0.462 e. The van der Waals surface area contributed by atoms with Gasteiger partial charge in [-0.25, -0.2) is 0 Å². The lowest BCUT2D eigenvalue weighted by atomic mass is 9.89. The number of carbonyl (C=O) groups excluding carboxylic acids is 1. The molecule has 0 saturated heterocycles. The first-order valence-corrected chi connectivity index (χ1v) is 10.6. The zero-order valence-electron chi connectivity index (χ0n) is 17.9. The van der Waals surface area contributed by atoms with Gasteiger partial charge in [0, 0.05) is 6.92 Å². The summed E-state index contributed by atoms with van der Waals surface area (Å²) < 4.78 is 4.97. The van der Waals surface area contributed by atoms with E-state index < -0.39 is 0 Å². The molecule has 0 saturated carbocycles. The van der Waals surface area contributed by atoms with Crippen LogP contribution in [-0.2, 0) is 9.53 Å². The van der Waals surface area contributed by atoms with Gasteiger partial charge in [0.25, 0.3) is 0 Å². The lowest BCUT2D eigenvalue weighted by Crippen LogP contribution is -2.05. The van der Waals surface area contributed by atoms with Crippen molar-refractivity contribution in [2.45, 2.75) is 106 Å². The average Bonchev–Trinajstić information content (AvgIpc) is 2.48. The number of allylic oxidation sites excluding steroid dienone is 1. The maximum atomic E-state index is 10.8. The van der Waals surface area contributed by atoms with Crippen molar-refractivity contribution in [2.24, 2.45) is 17.8 Å². The fourth-order valence-corrected chi connectivity index (χ4v) is 3.57. The molecule has 0 radical (unpaired) electrons. The molecule has 0 bridgehead atoms. The number of rotatable bonds is 15. The quantitative estimate of drug-likeness (QED) is 0.175. The Kier molecular flexibility index (Phi) is 15.0. The molecule has 0 aromatic heterocycles. The average molecular weight is 353 g/mol. The molecule has 2 unspecified atom stereocenters. The van der Waals surface area contributed by atoms with Crippen molar-refractivity contribution in [3.05, 3.63) is 11.6 Å². The third-order valence-electron chi connectivity index (χ3n) is 4.92. The fraction of sp³-hybridized carbons (Fsp3) is 0.870. The summed E-state index contributed by atoms with van der Waals surface area (Å²) in [6.45, 7) is 13.4. The van der Waals surface area contributed by atoms with Gasteiger partial charge in [0.2, 0.25) is 0 Å². The van der Waals surface area contributed by atoms with Gasteiger partial charge < -0.3 is 4.74 Å². The summed E-state index contributed by atoms with van der Waals surface area (Å²) in [6, 6.07) is 0. The van der Waals surface area contributed by atoms with Gasteiger partial charge in [-0.05, 0) is 43.6 Å². The molecular weight excluding hydrogens is 308 g/mol. The molecule has 0 spiro atoms. The van der Waals surface area contributed by atoms with E-state index in [4.69, 9.17) is 4.74 Å². The third kappa shape index (κ3) is 17.8. The predicted octanol–water partition coefficient (Wildman–Crippen LogP) is 7.33. The summed E-state index contributed by atoms with van der Waals surface area (Å²) in [5.74, 6) is 2.19. The van der Waals surface area contributed by atoms with E-state index in [9.17, 15) is 4.79 Å². The van der Waals surface area contributed by atoms with Crippen LogP contribution in [-0.4, -0.2) is 12.6 Å². The van der Waals surface area contributed by atoms with Crippen molar-refractivity contribution in [3.8, 4) is 0 Å². The molecule has 0 aliphatic carbocycles. The van der Waals surface area contributed by atoms with Gasteiger partial charge in [-0.3, -0.25) is 4.79 Å². The number of unbranched alkanes of at least 4 members (excludes halogenated alkanes) is 5. The number of hydrogen-bond donors (Lipinski definition) is 0. The first kappa shape index (κ1) is 24.2. The smallest absolute Gasteiger partial charge is 0.302 e. The molecule has 2 atom stereocenters. The molecule has 0 aliphatic rings. The first-order chi connectivity index (χ1) is 11.8. The number of hydrogen-bond acceptors (Lipinski definition) is 2. The Morgan fingerprint density at radius 2 is 1.40 bits per heavy atom. The zero-order chi connectivity index (χ0) is 19.1. The van der Waals surface area contributed by atoms with Crippen molar-refractivity contribution < 1.29 is 9.53 Å². The van der Waals surface area contributed by atoms with Gasteiger partial charge in [0.05, 0.1) is 0 Å². The van der Waals surface area contributed by atoms with Crippen LogP contribution in [0.4, 0.5) is 0 Å². The van der Waals surface area contributed by atoms with E-state index in [-0.39, 0.29) is 5.97 Å². The maximum Gasteiger partial charge on any atom is 0.302 e. The minimum atomic E-state index is -0.203. The second-order valence-corrected chi connectivity index (χ2v) is 8.60. The lowest BCUT2D eigenvalue weighted by Gasteiger charge is -2.17. The van der Waals surface area contributed by atoms with Crippen LogP contribution >= 0.6 is 0 Å². The summed E-state index contributed by atoms with van der Waals surface area (Å²) in [5.41, 5.74) is 1.34. The molecule has 0 rings (SSSR count). The zero-order valence-corrected chi connectivity index (χ0v) is 17.9. The molecule has 148 valence electrons. The molecular formula is C23H44O2. The van der Waals surface area contributed by atoms with Crippen LogP contribution in [0.1, 0.15) is 106 Å². The molecule has 2 nitrogen and oxygen atoms in total. The molecule has 0 heterocycles. The monoisotopic (exact) mass is 352 g/mol. The van der Waals surface area contributed by atoms with E-state index in [2.05, 4.69) is 34.6 Å². The highest BCUT2D eigenvalue weighted by molar-refractivity contribution is 5.66. The molecule has 0 amide bonds. The van der Waals surface area contributed by atoms with Crippen LogP contribution in [0.3, 0.4) is 0 Å². The van der Waals surface area contributed by atoms with Gasteiger partial charge in [0.15, 0.2) is 0 Å². The second kappa shape index (κ2) is 15.5. The molecule has 0 fully saturated rings. The highest BCUT2D eigenvalue weighted by Gasteiger charge is 2.09. The minimum absolute atomic E-state index is 0.203. The van der Waals surface area contributed by atoms with Crippen LogP contribution in [0.5, 0.6) is 0 Å². The van der Waals surface area contributed by atoms with Crippen molar-refractivity contribution in [1.82, 2.24) is 0 Å².